The number of hydrogen-bond acceptors (Lipinski definition) is 0. The molecule has 8 aromatic rings. The van der Waals surface area contributed by atoms with Crippen LogP contribution in [0.25, 0.3) is 48.3 Å². The van der Waals surface area contributed by atoms with Gasteiger partial charge in [-0.1, -0.05) is 151 Å². The first kappa shape index (κ1) is 29.0. The molecule has 1 aromatic heterocycles. The Morgan fingerprint density at radius 2 is 1.04 bits per heavy atom. The Balaban J connectivity index is 1.33. The lowest BCUT2D eigenvalue weighted by molar-refractivity contribution is 1.18. The van der Waals surface area contributed by atoms with E-state index < -0.39 is 8.07 Å². The van der Waals surface area contributed by atoms with E-state index in [-0.39, 0.29) is 0 Å². The first-order valence-electron chi connectivity index (χ1n) is 15.9. The highest BCUT2D eigenvalue weighted by Gasteiger charge is 2.41. The molecule has 0 aliphatic rings. The van der Waals surface area contributed by atoms with Crippen LogP contribution in [0, 0.1) is 13.1 Å². The van der Waals surface area contributed by atoms with Crippen LogP contribution in [0.3, 0.4) is 0 Å². The number of para-hydroxylation sites is 1. The minimum Gasteiger partial charge on any atom is -0.309 e. The van der Waals surface area contributed by atoms with Crippen molar-refractivity contribution in [3.8, 4) is 16.8 Å². The van der Waals surface area contributed by atoms with E-state index in [1.807, 2.05) is 24.3 Å². The maximum atomic E-state index is 8.41. The highest BCUT2D eigenvalue weighted by Crippen LogP contribution is 2.37. The molecule has 7 aromatic carbocycles. The molecule has 48 heavy (non-hydrogen) atoms. The van der Waals surface area contributed by atoms with Crippen molar-refractivity contribution in [3.63, 3.8) is 0 Å². The summed E-state index contributed by atoms with van der Waals surface area (Å²) in [5, 5.41) is 7.18. The molecule has 0 atom stereocenters. The summed E-state index contributed by atoms with van der Waals surface area (Å²) in [7, 11) is -2.76. The van der Waals surface area contributed by atoms with Gasteiger partial charge in [-0.05, 0) is 62.4 Å². The Labute approximate surface area is 281 Å². The fourth-order valence-corrected chi connectivity index (χ4v) is 12.1. The molecule has 4 heteroatoms. The van der Waals surface area contributed by atoms with Gasteiger partial charge < -0.3 is 4.57 Å². The highest BCUT2D eigenvalue weighted by atomic mass is 28.3. The quantitative estimate of drug-likeness (QED) is 0.0993. The van der Waals surface area contributed by atoms with Crippen LogP contribution in [-0.4, -0.2) is 12.6 Å². The van der Waals surface area contributed by atoms with E-state index in [0.717, 1.165) is 38.6 Å². The van der Waals surface area contributed by atoms with Crippen LogP contribution in [-0.2, 0) is 0 Å². The van der Waals surface area contributed by atoms with E-state index in [4.69, 9.17) is 13.1 Å². The van der Waals surface area contributed by atoms with Crippen molar-refractivity contribution in [2.24, 2.45) is 0 Å². The van der Waals surface area contributed by atoms with Crippen molar-refractivity contribution in [3.05, 3.63) is 199 Å². The highest BCUT2D eigenvalue weighted by molar-refractivity contribution is 7.19. The third-order valence-electron chi connectivity index (χ3n) is 9.37. The lowest BCUT2D eigenvalue weighted by atomic mass is 10.0. The minimum atomic E-state index is -2.76. The summed E-state index contributed by atoms with van der Waals surface area (Å²) in [5.41, 5.74) is 6.29. The van der Waals surface area contributed by atoms with Crippen LogP contribution in [0.5, 0.6) is 0 Å². The van der Waals surface area contributed by atoms with Gasteiger partial charge in [0.15, 0.2) is 19.4 Å². The summed E-state index contributed by atoms with van der Waals surface area (Å²) < 4.78 is 2.26. The maximum absolute atomic E-state index is 8.41. The van der Waals surface area contributed by atoms with E-state index in [1.165, 1.54) is 20.7 Å². The summed E-state index contributed by atoms with van der Waals surface area (Å²) >= 11 is 0. The van der Waals surface area contributed by atoms with E-state index in [1.54, 1.807) is 0 Å². The molecular weight excluding hydrogens is 599 g/mol. The standard InChI is InChI=1S/C44H29N3Si/c1-45-33-25-28-44-41(30-33)40-23-12-13-24-43(40)47(44)34-16-14-15-32(29-34)39-27-26-38(31-42(39)46-2)48(35-17-6-3-7-18-35,36-19-8-4-9-20-36)37-21-10-5-11-22-37/h3-31H. The summed E-state index contributed by atoms with van der Waals surface area (Å²) in [6.45, 7) is 16.0. The molecular formula is C44H29N3Si. The van der Waals surface area contributed by atoms with Gasteiger partial charge in [-0.25, -0.2) is 9.69 Å². The fraction of sp³-hybridized carbons (Fsp3) is 0. The van der Waals surface area contributed by atoms with Crippen LogP contribution >= 0.6 is 0 Å². The zero-order valence-corrected chi connectivity index (χ0v) is 27.1. The normalized spacial score (nSPS) is 11.3. The molecule has 0 saturated carbocycles. The minimum absolute atomic E-state index is 0.627. The summed E-state index contributed by atoms with van der Waals surface area (Å²) in [5.74, 6) is 0. The third kappa shape index (κ3) is 4.64. The number of rotatable bonds is 6. The van der Waals surface area contributed by atoms with Crippen molar-refractivity contribution >= 4 is 62.0 Å². The number of hydrogen-bond donors (Lipinski definition) is 0. The predicted octanol–water partition coefficient (Wildman–Crippen LogP) is 8.93. The van der Waals surface area contributed by atoms with Crippen LogP contribution in [0.15, 0.2) is 176 Å². The zero-order chi connectivity index (χ0) is 32.5. The van der Waals surface area contributed by atoms with Gasteiger partial charge in [-0.15, -0.1) is 0 Å². The molecule has 0 unspecified atom stereocenters. The molecule has 1 heterocycles. The number of benzene rings is 7. The second-order valence-electron chi connectivity index (χ2n) is 11.9. The van der Waals surface area contributed by atoms with Crippen molar-refractivity contribution in [2.75, 3.05) is 0 Å². The van der Waals surface area contributed by atoms with E-state index in [2.05, 4.69) is 166 Å². The summed E-state index contributed by atoms with van der Waals surface area (Å²) in [4.78, 5) is 7.83. The first-order valence-corrected chi connectivity index (χ1v) is 17.9. The molecule has 0 aliphatic heterocycles. The van der Waals surface area contributed by atoms with E-state index in [9.17, 15) is 0 Å². The van der Waals surface area contributed by atoms with Crippen molar-refractivity contribution < 1.29 is 0 Å². The summed E-state index contributed by atoms with van der Waals surface area (Å²) in [6, 6.07) is 61.6. The van der Waals surface area contributed by atoms with E-state index >= 15 is 0 Å². The lowest BCUT2D eigenvalue weighted by Crippen LogP contribution is -2.74. The monoisotopic (exact) mass is 627 g/mol. The van der Waals surface area contributed by atoms with Gasteiger partial charge in [0.1, 0.15) is 0 Å². The van der Waals surface area contributed by atoms with Gasteiger partial charge in [-0.2, -0.15) is 0 Å². The van der Waals surface area contributed by atoms with Gasteiger partial charge >= 0.3 is 0 Å². The predicted molar refractivity (Wildman–Crippen MR) is 202 cm³/mol. The maximum Gasteiger partial charge on any atom is 0.194 e. The smallest absolute Gasteiger partial charge is 0.194 e. The molecule has 8 rings (SSSR count). The fourth-order valence-electron chi connectivity index (χ4n) is 7.29. The van der Waals surface area contributed by atoms with Crippen LogP contribution < -0.4 is 20.7 Å². The average molecular weight is 628 g/mol. The number of aromatic nitrogens is 1. The lowest BCUT2D eigenvalue weighted by Gasteiger charge is -2.34. The Morgan fingerprint density at radius 3 is 1.67 bits per heavy atom. The Bertz CT molecular complexity index is 2430. The molecule has 3 nitrogen and oxygen atoms in total. The van der Waals surface area contributed by atoms with Crippen molar-refractivity contribution in [1.29, 1.82) is 0 Å². The average Bonchev–Trinajstić information content (AvgIpc) is 3.50. The van der Waals surface area contributed by atoms with Gasteiger partial charge in [-0.3, -0.25) is 0 Å². The molecule has 0 N–H and O–H groups in total. The van der Waals surface area contributed by atoms with Gasteiger partial charge in [0.25, 0.3) is 0 Å². The molecule has 0 amide bonds. The topological polar surface area (TPSA) is 13.6 Å². The van der Waals surface area contributed by atoms with Crippen LogP contribution in [0.2, 0.25) is 0 Å². The van der Waals surface area contributed by atoms with Crippen LogP contribution in [0.1, 0.15) is 0 Å². The number of fused-ring (bicyclic) bond motifs is 3. The molecule has 0 fully saturated rings. The second kappa shape index (κ2) is 12.0. The van der Waals surface area contributed by atoms with Crippen molar-refractivity contribution in [1.82, 2.24) is 4.57 Å². The largest absolute Gasteiger partial charge is 0.309 e. The molecule has 0 aliphatic carbocycles. The Morgan fingerprint density at radius 1 is 0.438 bits per heavy atom. The first-order chi connectivity index (χ1) is 23.7. The van der Waals surface area contributed by atoms with Gasteiger partial charge in [0.2, 0.25) is 0 Å². The SMILES string of the molecule is [C-]#[N+]c1ccc2c(c1)c1ccccc1n2-c1cccc(-c2ccc([Si](c3ccccc3)(c3ccccc3)c3ccccc3)cc2[N+]#[C-])c1. The molecule has 0 spiro atoms. The summed E-state index contributed by atoms with van der Waals surface area (Å²) in [6.07, 6.45) is 0. The van der Waals surface area contributed by atoms with Gasteiger partial charge in [0, 0.05) is 11.1 Å². The Hall–Kier alpha value is -6.46. The molecule has 224 valence electrons. The van der Waals surface area contributed by atoms with Crippen LogP contribution in [0.4, 0.5) is 11.4 Å². The molecule has 0 bridgehead atoms. The van der Waals surface area contributed by atoms with E-state index in [0.29, 0.717) is 11.4 Å². The third-order valence-corrected chi connectivity index (χ3v) is 14.1. The second-order valence-corrected chi connectivity index (χ2v) is 15.7. The Kier molecular flexibility index (Phi) is 7.27. The van der Waals surface area contributed by atoms with Crippen molar-refractivity contribution in [2.45, 2.75) is 0 Å². The number of nitrogens with zero attached hydrogens (tertiary/aromatic N) is 3. The molecule has 0 saturated heterocycles. The zero-order valence-electron chi connectivity index (χ0n) is 26.1. The molecule has 0 radical (unpaired) electrons. The van der Waals surface area contributed by atoms with Gasteiger partial charge in [0.05, 0.1) is 24.2 Å².